The Bertz CT molecular complexity index is 561. The molecule has 0 aliphatic rings. The largest absolute Gasteiger partial charge is 0.465 e. The monoisotopic (exact) mass is 266 g/mol. The first-order chi connectivity index (χ1) is 8.63. The summed E-state index contributed by atoms with van der Waals surface area (Å²) in [6.45, 7) is 4.61. The van der Waals surface area contributed by atoms with Crippen LogP contribution >= 0.6 is 11.3 Å². The second-order valence-corrected chi connectivity index (χ2v) is 4.63. The van der Waals surface area contributed by atoms with Crippen LogP contribution in [-0.2, 0) is 11.3 Å². The Morgan fingerprint density at radius 3 is 3.00 bits per heavy atom. The van der Waals surface area contributed by atoms with Crippen molar-refractivity contribution in [3.05, 3.63) is 23.0 Å². The van der Waals surface area contributed by atoms with Gasteiger partial charge in [0.25, 0.3) is 0 Å². The van der Waals surface area contributed by atoms with Gasteiger partial charge in [-0.1, -0.05) is 11.3 Å². The van der Waals surface area contributed by atoms with Crippen molar-refractivity contribution in [2.45, 2.75) is 20.4 Å². The molecule has 0 saturated carbocycles. The number of nitrogens with zero attached hydrogens (tertiary/aromatic N) is 3. The highest BCUT2D eigenvalue weighted by Gasteiger charge is 2.15. The van der Waals surface area contributed by atoms with Crippen molar-refractivity contribution in [1.82, 2.24) is 14.8 Å². The maximum Gasteiger partial charge on any atom is 0.350 e. The van der Waals surface area contributed by atoms with E-state index < -0.39 is 0 Å². The smallest absolute Gasteiger partial charge is 0.350 e. The maximum atomic E-state index is 11.5. The molecule has 7 heteroatoms. The Kier molecular flexibility index (Phi) is 3.61. The summed E-state index contributed by atoms with van der Waals surface area (Å²) >= 11 is 1.27. The summed E-state index contributed by atoms with van der Waals surface area (Å²) in [6, 6.07) is 0. The zero-order valence-corrected chi connectivity index (χ0v) is 11.2. The fourth-order valence-electron chi connectivity index (χ4n) is 1.46. The van der Waals surface area contributed by atoms with Gasteiger partial charge in [0.05, 0.1) is 24.7 Å². The molecular formula is C11H14N4O2S. The molecule has 2 rings (SSSR count). The highest BCUT2D eigenvalue weighted by atomic mass is 32.1. The molecule has 1 N–H and O–H groups in total. The Morgan fingerprint density at radius 1 is 1.61 bits per heavy atom. The predicted octanol–water partition coefficient (Wildman–Crippen LogP) is 2.20. The van der Waals surface area contributed by atoms with Crippen molar-refractivity contribution < 1.29 is 9.53 Å². The number of anilines is 2. The van der Waals surface area contributed by atoms with E-state index in [1.807, 2.05) is 17.8 Å². The fraction of sp³-hybridized carbons (Fsp3) is 0.364. The summed E-state index contributed by atoms with van der Waals surface area (Å²) in [5.74, 6) is -0.359. The maximum absolute atomic E-state index is 11.5. The Morgan fingerprint density at radius 2 is 2.39 bits per heavy atom. The quantitative estimate of drug-likeness (QED) is 0.859. The lowest BCUT2D eigenvalue weighted by Crippen LogP contribution is -1.99. The Balaban J connectivity index is 2.17. The summed E-state index contributed by atoms with van der Waals surface area (Å²) in [4.78, 5) is 16.3. The third kappa shape index (κ3) is 2.51. The number of rotatable bonds is 4. The predicted molar refractivity (Wildman–Crippen MR) is 69.4 cm³/mol. The molecule has 0 amide bonds. The summed E-state index contributed by atoms with van der Waals surface area (Å²) in [7, 11) is 1.36. The minimum Gasteiger partial charge on any atom is -0.465 e. The molecule has 0 spiro atoms. The number of esters is 1. The Hall–Kier alpha value is -1.89. The lowest BCUT2D eigenvalue weighted by atomic mass is 10.4. The van der Waals surface area contributed by atoms with Crippen molar-refractivity contribution >= 4 is 28.1 Å². The third-order valence-electron chi connectivity index (χ3n) is 2.38. The fourth-order valence-corrected chi connectivity index (χ4v) is 2.36. The topological polar surface area (TPSA) is 69.0 Å². The van der Waals surface area contributed by atoms with Gasteiger partial charge < -0.3 is 10.1 Å². The van der Waals surface area contributed by atoms with Crippen LogP contribution in [0.1, 0.15) is 22.3 Å². The number of aryl methyl sites for hydroxylation is 2. The van der Waals surface area contributed by atoms with Crippen LogP contribution in [0.15, 0.2) is 12.4 Å². The number of carbonyl (C=O) groups excluding carboxylic acids is 1. The molecule has 2 aromatic rings. The van der Waals surface area contributed by atoms with Gasteiger partial charge in [-0.15, -0.1) is 0 Å². The van der Waals surface area contributed by atoms with Crippen LogP contribution in [0, 0.1) is 6.92 Å². The standard InChI is InChI=1S/C11H14N4O2S/c1-4-15-6-8(5-12-15)14-11-13-7(2)9(18-11)10(16)17-3/h5-6H,4H2,1-3H3,(H,13,14). The van der Waals surface area contributed by atoms with Crippen molar-refractivity contribution in [2.75, 3.05) is 12.4 Å². The summed E-state index contributed by atoms with van der Waals surface area (Å²) in [5.41, 5.74) is 1.51. The van der Waals surface area contributed by atoms with Crippen molar-refractivity contribution in [3.63, 3.8) is 0 Å². The summed E-state index contributed by atoms with van der Waals surface area (Å²) in [6.07, 6.45) is 3.60. The molecule has 0 unspecified atom stereocenters. The second kappa shape index (κ2) is 5.18. The van der Waals surface area contributed by atoms with Gasteiger partial charge in [-0.05, 0) is 13.8 Å². The molecule has 0 aliphatic heterocycles. The van der Waals surface area contributed by atoms with Crippen molar-refractivity contribution in [2.24, 2.45) is 0 Å². The van der Waals surface area contributed by atoms with Gasteiger partial charge in [0.2, 0.25) is 0 Å². The normalized spacial score (nSPS) is 10.4. The van der Waals surface area contributed by atoms with Crippen LogP contribution in [0.3, 0.4) is 0 Å². The summed E-state index contributed by atoms with van der Waals surface area (Å²) < 4.78 is 6.50. The average Bonchev–Trinajstić information content (AvgIpc) is 2.95. The van der Waals surface area contributed by atoms with Crippen LogP contribution in [0.25, 0.3) is 0 Å². The highest BCUT2D eigenvalue weighted by molar-refractivity contribution is 7.17. The first-order valence-corrected chi connectivity index (χ1v) is 6.31. The molecule has 0 atom stereocenters. The average molecular weight is 266 g/mol. The van der Waals surface area contributed by atoms with E-state index in [1.54, 1.807) is 13.1 Å². The number of aromatic nitrogens is 3. The van der Waals surface area contributed by atoms with E-state index >= 15 is 0 Å². The highest BCUT2D eigenvalue weighted by Crippen LogP contribution is 2.25. The molecule has 0 saturated heterocycles. The summed E-state index contributed by atoms with van der Waals surface area (Å²) in [5, 5.41) is 7.92. The number of thiazole rings is 1. The lowest BCUT2D eigenvalue weighted by Gasteiger charge is -1.96. The third-order valence-corrected chi connectivity index (χ3v) is 3.43. The van der Waals surface area contributed by atoms with Crippen LogP contribution in [0.5, 0.6) is 0 Å². The van der Waals surface area contributed by atoms with E-state index in [0.717, 1.165) is 12.2 Å². The van der Waals surface area contributed by atoms with E-state index in [1.165, 1.54) is 18.4 Å². The number of nitrogens with one attached hydrogen (secondary N) is 1. The van der Waals surface area contributed by atoms with E-state index in [2.05, 4.69) is 20.1 Å². The molecule has 2 aromatic heterocycles. The molecule has 0 aromatic carbocycles. The van der Waals surface area contributed by atoms with Gasteiger partial charge >= 0.3 is 5.97 Å². The minimum absolute atomic E-state index is 0.359. The van der Waals surface area contributed by atoms with Crippen LogP contribution in [0.2, 0.25) is 0 Å². The molecule has 18 heavy (non-hydrogen) atoms. The number of methoxy groups -OCH3 is 1. The molecule has 96 valence electrons. The van der Waals surface area contributed by atoms with Gasteiger partial charge in [-0.3, -0.25) is 4.68 Å². The van der Waals surface area contributed by atoms with Gasteiger partial charge in [-0.2, -0.15) is 5.10 Å². The molecule has 6 nitrogen and oxygen atoms in total. The Labute approximate surface area is 109 Å². The molecule has 0 radical (unpaired) electrons. The first-order valence-electron chi connectivity index (χ1n) is 5.49. The zero-order valence-electron chi connectivity index (χ0n) is 10.4. The first kappa shape index (κ1) is 12.6. The molecular weight excluding hydrogens is 252 g/mol. The van der Waals surface area contributed by atoms with Gasteiger partial charge in [0.15, 0.2) is 5.13 Å². The lowest BCUT2D eigenvalue weighted by molar-refractivity contribution is 0.0605. The number of hydrogen-bond acceptors (Lipinski definition) is 6. The van der Waals surface area contributed by atoms with Crippen molar-refractivity contribution in [1.29, 1.82) is 0 Å². The SMILES string of the molecule is CCn1cc(Nc2nc(C)c(C(=O)OC)s2)cn1. The molecule has 0 bridgehead atoms. The van der Waals surface area contributed by atoms with E-state index in [4.69, 9.17) is 0 Å². The zero-order chi connectivity index (χ0) is 13.1. The van der Waals surface area contributed by atoms with Crippen LogP contribution in [-0.4, -0.2) is 27.8 Å². The van der Waals surface area contributed by atoms with E-state index in [9.17, 15) is 4.79 Å². The van der Waals surface area contributed by atoms with Gasteiger partial charge in [0.1, 0.15) is 4.88 Å². The molecule has 0 fully saturated rings. The van der Waals surface area contributed by atoms with E-state index in [0.29, 0.717) is 15.7 Å². The number of ether oxygens (including phenoxy) is 1. The van der Waals surface area contributed by atoms with Gasteiger partial charge in [-0.25, -0.2) is 9.78 Å². The number of hydrogen-bond donors (Lipinski definition) is 1. The van der Waals surface area contributed by atoms with Crippen molar-refractivity contribution in [3.8, 4) is 0 Å². The van der Waals surface area contributed by atoms with E-state index in [-0.39, 0.29) is 5.97 Å². The van der Waals surface area contributed by atoms with Gasteiger partial charge in [0, 0.05) is 12.7 Å². The van der Waals surface area contributed by atoms with Crippen LogP contribution in [0.4, 0.5) is 10.8 Å². The minimum atomic E-state index is -0.359. The second-order valence-electron chi connectivity index (χ2n) is 3.63. The van der Waals surface area contributed by atoms with Crippen LogP contribution < -0.4 is 5.32 Å². The molecule has 0 aliphatic carbocycles. The molecule has 2 heterocycles. The number of carbonyl (C=O) groups is 1.